The SMILES string of the molecule is O=C1Nc2cc(N3CCS(=O)CC3)c(F)cc2C1=O. The van der Waals surface area contributed by atoms with E-state index < -0.39 is 28.3 Å². The van der Waals surface area contributed by atoms with E-state index in [2.05, 4.69) is 5.32 Å². The number of fused-ring (bicyclic) bond motifs is 1. The Balaban J connectivity index is 1.96. The van der Waals surface area contributed by atoms with Crippen LogP contribution in [0.25, 0.3) is 0 Å². The molecule has 3 rings (SSSR count). The van der Waals surface area contributed by atoms with Crippen LogP contribution in [0.15, 0.2) is 12.1 Å². The van der Waals surface area contributed by atoms with Gasteiger partial charge in [-0.05, 0) is 12.1 Å². The lowest BCUT2D eigenvalue weighted by Gasteiger charge is -2.29. The zero-order chi connectivity index (χ0) is 13.6. The average molecular weight is 282 g/mol. The van der Waals surface area contributed by atoms with Crippen molar-refractivity contribution in [3.05, 3.63) is 23.5 Å². The minimum Gasteiger partial charge on any atom is -0.367 e. The highest BCUT2D eigenvalue weighted by Gasteiger charge is 2.30. The van der Waals surface area contributed by atoms with Crippen molar-refractivity contribution >= 4 is 33.9 Å². The fourth-order valence-corrected chi connectivity index (χ4v) is 3.33. The van der Waals surface area contributed by atoms with Crippen molar-refractivity contribution in [3.8, 4) is 0 Å². The molecule has 1 saturated heterocycles. The summed E-state index contributed by atoms with van der Waals surface area (Å²) in [4.78, 5) is 24.5. The van der Waals surface area contributed by atoms with Crippen LogP contribution in [0.1, 0.15) is 10.4 Å². The van der Waals surface area contributed by atoms with Gasteiger partial charge in [0.25, 0.3) is 11.7 Å². The molecule has 1 aromatic rings. The van der Waals surface area contributed by atoms with Gasteiger partial charge in [0.1, 0.15) is 5.82 Å². The zero-order valence-corrected chi connectivity index (χ0v) is 10.8. The molecule has 2 aliphatic rings. The third-order valence-corrected chi connectivity index (χ3v) is 4.58. The van der Waals surface area contributed by atoms with Crippen molar-refractivity contribution in [1.82, 2.24) is 0 Å². The molecule has 1 fully saturated rings. The molecule has 0 atom stereocenters. The number of Topliss-reactive ketones (excluding diaryl/α,β-unsaturated/α-hetero) is 1. The van der Waals surface area contributed by atoms with Crippen LogP contribution in [0.5, 0.6) is 0 Å². The van der Waals surface area contributed by atoms with E-state index in [0.29, 0.717) is 36.0 Å². The van der Waals surface area contributed by atoms with E-state index in [-0.39, 0.29) is 5.56 Å². The monoisotopic (exact) mass is 282 g/mol. The second kappa shape index (κ2) is 4.41. The average Bonchev–Trinajstić information content (AvgIpc) is 2.66. The van der Waals surface area contributed by atoms with Gasteiger partial charge in [-0.15, -0.1) is 0 Å². The molecule has 0 aromatic heterocycles. The zero-order valence-electron chi connectivity index (χ0n) is 9.94. The molecule has 1 amide bonds. The molecule has 0 spiro atoms. The fourth-order valence-electron chi connectivity index (χ4n) is 2.28. The first-order chi connectivity index (χ1) is 9.06. The van der Waals surface area contributed by atoms with Gasteiger partial charge in [0, 0.05) is 35.4 Å². The molecule has 1 N–H and O–H groups in total. The molecule has 2 aliphatic heterocycles. The molecule has 1 aromatic carbocycles. The molecule has 100 valence electrons. The van der Waals surface area contributed by atoms with Crippen molar-refractivity contribution in [2.24, 2.45) is 0 Å². The lowest BCUT2D eigenvalue weighted by Crippen LogP contribution is -2.38. The number of nitrogens with zero attached hydrogens (tertiary/aromatic N) is 1. The second-order valence-electron chi connectivity index (χ2n) is 4.47. The lowest BCUT2D eigenvalue weighted by atomic mass is 10.1. The number of hydrogen-bond donors (Lipinski definition) is 1. The van der Waals surface area contributed by atoms with Gasteiger partial charge in [0.05, 0.1) is 16.9 Å². The number of carbonyl (C=O) groups is 2. The van der Waals surface area contributed by atoms with Crippen LogP contribution in [0.3, 0.4) is 0 Å². The number of amides is 1. The van der Waals surface area contributed by atoms with Gasteiger partial charge in [-0.2, -0.15) is 0 Å². The molecule has 19 heavy (non-hydrogen) atoms. The van der Waals surface area contributed by atoms with E-state index in [0.717, 1.165) is 6.07 Å². The van der Waals surface area contributed by atoms with E-state index in [1.54, 1.807) is 4.90 Å². The molecule has 0 aliphatic carbocycles. The number of carbonyl (C=O) groups excluding carboxylic acids is 2. The van der Waals surface area contributed by atoms with E-state index >= 15 is 0 Å². The van der Waals surface area contributed by atoms with Crippen LogP contribution >= 0.6 is 0 Å². The number of anilines is 2. The van der Waals surface area contributed by atoms with E-state index in [1.807, 2.05) is 0 Å². The second-order valence-corrected chi connectivity index (χ2v) is 6.16. The number of benzene rings is 1. The summed E-state index contributed by atoms with van der Waals surface area (Å²) in [6.07, 6.45) is 0. The van der Waals surface area contributed by atoms with E-state index in [1.165, 1.54) is 6.07 Å². The normalized spacial score (nSPS) is 19.5. The van der Waals surface area contributed by atoms with Crippen molar-refractivity contribution in [2.45, 2.75) is 0 Å². The topological polar surface area (TPSA) is 66.5 Å². The third kappa shape index (κ3) is 2.03. The number of nitrogens with one attached hydrogen (secondary N) is 1. The van der Waals surface area contributed by atoms with Gasteiger partial charge in [-0.1, -0.05) is 0 Å². The Bertz CT molecular complexity index is 607. The first kappa shape index (κ1) is 12.3. The van der Waals surface area contributed by atoms with Gasteiger partial charge < -0.3 is 10.2 Å². The number of halogens is 1. The summed E-state index contributed by atoms with van der Waals surface area (Å²) in [7, 11) is -0.840. The Labute approximate surface area is 111 Å². The Kier molecular flexibility index (Phi) is 2.85. The third-order valence-electron chi connectivity index (χ3n) is 3.30. The van der Waals surface area contributed by atoms with Crippen LogP contribution in [0.2, 0.25) is 0 Å². The standard InChI is InChI=1S/C12H11FN2O3S/c13-8-5-7-9(14-12(17)11(7)16)6-10(8)15-1-3-19(18)4-2-15/h5-6H,1-4H2,(H,14,16,17). The largest absolute Gasteiger partial charge is 0.367 e. The van der Waals surface area contributed by atoms with Crippen molar-refractivity contribution in [1.29, 1.82) is 0 Å². The molecule has 0 bridgehead atoms. The Morgan fingerprint density at radius 3 is 2.58 bits per heavy atom. The first-order valence-corrected chi connectivity index (χ1v) is 7.34. The molecule has 0 radical (unpaired) electrons. The summed E-state index contributed by atoms with van der Waals surface area (Å²) < 4.78 is 25.3. The first-order valence-electron chi connectivity index (χ1n) is 5.85. The Morgan fingerprint density at radius 1 is 1.21 bits per heavy atom. The summed E-state index contributed by atoms with van der Waals surface area (Å²) >= 11 is 0. The van der Waals surface area contributed by atoms with Crippen LogP contribution in [0, 0.1) is 5.82 Å². The molecular formula is C12H11FN2O3S. The van der Waals surface area contributed by atoms with Gasteiger partial charge >= 0.3 is 0 Å². The van der Waals surface area contributed by atoms with Crippen molar-refractivity contribution in [3.63, 3.8) is 0 Å². The number of hydrogen-bond acceptors (Lipinski definition) is 4. The van der Waals surface area contributed by atoms with Crippen molar-refractivity contribution in [2.75, 3.05) is 34.8 Å². The predicted molar refractivity (Wildman–Crippen MR) is 69.4 cm³/mol. The molecule has 5 nitrogen and oxygen atoms in total. The highest BCUT2D eigenvalue weighted by Crippen LogP contribution is 2.31. The van der Waals surface area contributed by atoms with Gasteiger partial charge in [0.15, 0.2) is 0 Å². The van der Waals surface area contributed by atoms with Crippen LogP contribution in [-0.2, 0) is 15.6 Å². The maximum atomic E-state index is 14.0. The van der Waals surface area contributed by atoms with Crippen LogP contribution in [-0.4, -0.2) is 40.5 Å². The van der Waals surface area contributed by atoms with Gasteiger partial charge in [-0.25, -0.2) is 4.39 Å². The van der Waals surface area contributed by atoms with E-state index in [9.17, 15) is 18.2 Å². The quantitative estimate of drug-likeness (QED) is 0.763. The molecule has 0 saturated carbocycles. The number of rotatable bonds is 1. The highest BCUT2D eigenvalue weighted by atomic mass is 32.2. The summed E-state index contributed by atoms with van der Waals surface area (Å²) in [5.74, 6) is -0.966. The molecule has 7 heteroatoms. The smallest absolute Gasteiger partial charge is 0.296 e. The van der Waals surface area contributed by atoms with Gasteiger partial charge in [0.2, 0.25) is 0 Å². The summed E-state index contributed by atoms with van der Waals surface area (Å²) in [5, 5.41) is 2.42. The molecular weight excluding hydrogens is 271 g/mol. The van der Waals surface area contributed by atoms with Crippen LogP contribution in [0.4, 0.5) is 15.8 Å². The molecule has 0 unspecified atom stereocenters. The van der Waals surface area contributed by atoms with E-state index in [4.69, 9.17) is 0 Å². The summed E-state index contributed by atoms with van der Waals surface area (Å²) in [6.45, 7) is 1.01. The summed E-state index contributed by atoms with van der Waals surface area (Å²) in [6, 6.07) is 2.57. The Morgan fingerprint density at radius 2 is 1.89 bits per heavy atom. The number of ketones is 1. The fraction of sp³-hybridized carbons (Fsp3) is 0.333. The van der Waals surface area contributed by atoms with Crippen molar-refractivity contribution < 1.29 is 18.2 Å². The minimum atomic E-state index is -0.840. The van der Waals surface area contributed by atoms with Gasteiger partial charge in [-0.3, -0.25) is 13.8 Å². The van der Waals surface area contributed by atoms with Crippen LogP contribution < -0.4 is 10.2 Å². The summed E-state index contributed by atoms with van der Waals surface area (Å²) in [5.41, 5.74) is 0.760. The highest BCUT2D eigenvalue weighted by molar-refractivity contribution is 7.85. The Hall–Kier alpha value is -1.76. The minimum absolute atomic E-state index is 0.0758. The maximum Gasteiger partial charge on any atom is 0.296 e. The predicted octanol–water partition coefficient (Wildman–Crippen LogP) is 0.529. The lowest BCUT2D eigenvalue weighted by molar-refractivity contribution is -0.112. The maximum absolute atomic E-state index is 14.0. The molecule has 2 heterocycles.